The summed E-state index contributed by atoms with van der Waals surface area (Å²) >= 11 is 0. The predicted molar refractivity (Wildman–Crippen MR) is 86.4 cm³/mol. The second kappa shape index (κ2) is 8.15. The molecule has 16 heavy (non-hydrogen) atoms. The van der Waals surface area contributed by atoms with Gasteiger partial charge in [0.05, 0.1) is 0 Å². The zero-order valence-corrected chi connectivity index (χ0v) is 14.3. The Bertz CT molecular complexity index is 151. The fourth-order valence-electron chi connectivity index (χ4n) is 0.971. The summed E-state index contributed by atoms with van der Waals surface area (Å²) in [6.07, 6.45) is 2.91. The first-order valence-corrected chi connectivity index (χ1v) is 9.42. The summed E-state index contributed by atoms with van der Waals surface area (Å²) in [4.78, 5) is 0. The Morgan fingerprint density at radius 1 is 0.625 bits per heavy atom. The van der Waals surface area contributed by atoms with E-state index in [1.54, 1.807) is 0 Å². The lowest BCUT2D eigenvalue weighted by molar-refractivity contribution is 0.777. The van der Waals surface area contributed by atoms with E-state index in [4.69, 9.17) is 0 Å². The first kappa shape index (κ1) is 22.2. The first-order valence-electron chi connectivity index (χ1n) is 5.47. The van der Waals surface area contributed by atoms with E-state index in [9.17, 15) is 0 Å². The molecular formula is C12H28B2P2. The molecule has 0 aromatic heterocycles. The van der Waals surface area contributed by atoms with Crippen LogP contribution in [-0.4, -0.2) is 52.8 Å². The number of hydrogen-bond acceptors (Lipinski definition) is 0. The first-order chi connectivity index (χ1) is 6.05. The van der Waals surface area contributed by atoms with Crippen LogP contribution in [0.2, 0.25) is 0 Å². The Labute approximate surface area is 110 Å². The van der Waals surface area contributed by atoms with Crippen molar-refractivity contribution in [2.24, 2.45) is 0 Å². The van der Waals surface area contributed by atoms with Gasteiger partial charge in [0.2, 0.25) is 0 Å². The SMILES string of the molecule is C[P@](CC[P@@](C)C(C)(C)C)C(C)(C)C.[B].[B]. The lowest BCUT2D eigenvalue weighted by atomic mass is 10.3. The summed E-state index contributed by atoms with van der Waals surface area (Å²) in [5.41, 5.74) is 0. The third kappa shape index (κ3) is 9.07. The lowest BCUT2D eigenvalue weighted by Crippen LogP contribution is -2.17. The molecule has 0 aromatic rings. The van der Waals surface area contributed by atoms with Crippen LogP contribution in [0.1, 0.15) is 41.5 Å². The molecule has 0 rings (SSSR count). The molecule has 0 saturated carbocycles. The van der Waals surface area contributed by atoms with Gasteiger partial charge in [0, 0.05) is 16.8 Å². The Kier molecular flexibility index (Phi) is 11.3. The van der Waals surface area contributed by atoms with E-state index in [-0.39, 0.29) is 32.7 Å². The van der Waals surface area contributed by atoms with E-state index in [0.717, 1.165) is 0 Å². The second-order valence-electron chi connectivity index (χ2n) is 6.18. The quantitative estimate of drug-likeness (QED) is 0.527. The van der Waals surface area contributed by atoms with Crippen LogP contribution >= 0.6 is 15.8 Å². The smallest absolute Gasteiger partial charge is 0 e. The van der Waals surface area contributed by atoms with E-state index < -0.39 is 0 Å². The van der Waals surface area contributed by atoms with Crippen LogP contribution in [-0.2, 0) is 0 Å². The Morgan fingerprint density at radius 3 is 0.938 bits per heavy atom. The molecule has 0 unspecified atom stereocenters. The van der Waals surface area contributed by atoms with E-state index in [1.807, 2.05) is 0 Å². The Morgan fingerprint density at radius 2 is 0.812 bits per heavy atom. The molecule has 0 nitrogen and oxygen atoms in total. The highest BCUT2D eigenvalue weighted by molar-refractivity contribution is 7.62. The molecule has 0 spiro atoms. The van der Waals surface area contributed by atoms with E-state index in [2.05, 4.69) is 54.9 Å². The van der Waals surface area contributed by atoms with Crippen LogP contribution in [0, 0.1) is 0 Å². The molecule has 0 aliphatic rings. The van der Waals surface area contributed by atoms with Gasteiger partial charge in [-0.2, -0.15) is 0 Å². The molecule has 0 amide bonds. The normalized spacial score (nSPS) is 15.8. The maximum Gasteiger partial charge on any atom is 0 e. The minimum atomic E-state index is 0. The van der Waals surface area contributed by atoms with E-state index in [1.165, 1.54) is 12.3 Å². The molecule has 0 N–H and O–H groups in total. The van der Waals surface area contributed by atoms with Gasteiger partial charge in [-0.25, -0.2) is 0 Å². The van der Waals surface area contributed by atoms with Crippen molar-refractivity contribution >= 4 is 32.7 Å². The highest BCUT2D eigenvalue weighted by Gasteiger charge is 2.23. The van der Waals surface area contributed by atoms with Crippen molar-refractivity contribution in [1.29, 1.82) is 0 Å². The van der Waals surface area contributed by atoms with Gasteiger partial charge in [-0.15, -0.1) is 15.8 Å². The zero-order chi connectivity index (χ0) is 11.6. The van der Waals surface area contributed by atoms with Crippen molar-refractivity contribution in [2.75, 3.05) is 25.7 Å². The Balaban J connectivity index is -0.000000845. The molecule has 2 atom stereocenters. The van der Waals surface area contributed by atoms with Gasteiger partial charge >= 0.3 is 0 Å². The topological polar surface area (TPSA) is 0 Å². The lowest BCUT2D eigenvalue weighted by Gasteiger charge is -2.33. The van der Waals surface area contributed by atoms with Crippen molar-refractivity contribution in [2.45, 2.75) is 51.9 Å². The molecule has 0 heterocycles. The third-order valence-electron chi connectivity index (χ3n) is 3.06. The van der Waals surface area contributed by atoms with Gasteiger partial charge in [0.15, 0.2) is 0 Å². The van der Waals surface area contributed by atoms with Crippen molar-refractivity contribution in [1.82, 2.24) is 0 Å². The highest BCUT2D eigenvalue weighted by atomic mass is 31.1. The molecule has 0 aliphatic heterocycles. The molecular weight excluding hydrogens is 228 g/mol. The zero-order valence-electron chi connectivity index (χ0n) is 12.5. The van der Waals surface area contributed by atoms with Crippen molar-refractivity contribution < 1.29 is 0 Å². The molecule has 0 fully saturated rings. The molecule has 0 saturated heterocycles. The monoisotopic (exact) mass is 256 g/mol. The number of hydrogen-bond donors (Lipinski definition) is 0. The maximum absolute atomic E-state index is 2.46. The average Bonchev–Trinajstić information content (AvgIpc) is 1.95. The fourth-order valence-corrected chi connectivity index (χ4v) is 4.71. The van der Waals surface area contributed by atoms with Crippen molar-refractivity contribution in [3.05, 3.63) is 0 Å². The summed E-state index contributed by atoms with van der Waals surface area (Å²) in [6, 6.07) is 0. The van der Waals surface area contributed by atoms with Gasteiger partial charge in [0.1, 0.15) is 0 Å². The molecule has 0 aromatic carbocycles. The van der Waals surface area contributed by atoms with Gasteiger partial charge in [-0.3, -0.25) is 0 Å². The predicted octanol–water partition coefficient (Wildman–Crippen LogP) is 4.05. The van der Waals surface area contributed by atoms with Crippen LogP contribution in [0.15, 0.2) is 0 Å². The van der Waals surface area contributed by atoms with Crippen LogP contribution in [0.4, 0.5) is 0 Å². The van der Waals surface area contributed by atoms with Crippen molar-refractivity contribution in [3.63, 3.8) is 0 Å². The summed E-state index contributed by atoms with van der Waals surface area (Å²) in [7, 11) is 0.430. The van der Waals surface area contributed by atoms with Crippen LogP contribution in [0.5, 0.6) is 0 Å². The molecule has 0 bridgehead atoms. The molecule has 92 valence electrons. The van der Waals surface area contributed by atoms with Crippen LogP contribution in [0.25, 0.3) is 0 Å². The largest absolute Gasteiger partial charge is 0.104 e. The van der Waals surface area contributed by atoms with Gasteiger partial charge in [-0.05, 0) is 36.0 Å². The van der Waals surface area contributed by atoms with E-state index >= 15 is 0 Å². The van der Waals surface area contributed by atoms with Crippen LogP contribution < -0.4 is 0 Å². The molecule has 4 heteroatoms. The second-order valence-corrected chi connectivity index (χ2v) is 12.6. The third-order valence-corrected chi connectivity index (χ3v) is 9.78. The fraction of sp³-hybridized carbons (Fsp3) is 1.00. The summed E-state index contributed by atoms with van der Waals surface area (Å²) in [5.74, 6) is 0. The Hall–Kier alpha value is 0.990. The van der Waals surface area contributed by atoms with Gasteiger partial charge < -0.3 is 0 Å². The highest BCUT2D eigenvalue weighted by Crippen LogP contribution is 2.52. The van der Waals surface area contributed by atoms with E-state index in [0.29, 0.717) is 10.3 Å². The summed E-state index contributed by atoms with van der Waals surface area (Å²) in [6.45, 7) is 19.2. The summed E-state index contributed by atoms with van der Waals surface area (Å²) < 4.78 is 0. The average molecular weight is 256 g/mol. The molecule has 0 aliphatic carbocycles. The maximum atomic E-state index is 2.46. The summed E-state index contributed by atoms with van der Waals surface area (Å²) in [5, 5.41) is 1.09. The minimum Gasteiger partial charge on any atom is -0.104 e. The number of rotatable bonds is 3. The van der Waals surface area contributed by atoms with Gasteiger partial charge in [0.25, 0.3) is 0 Å². The van der Waals surface area contributed by atoms with Gasteiger partial charge in [-0.1, -0.05) is 41.5 Å². The minimum absolute atomic E-state index is 0. The molecule has 6 radical (unpaired) electrons. The standard InChI is InChI=1S/C12H28P2.2B/c1-11(2,3)13(7)9-10-14(8)12(4,5)6;;/h9-10H2,1-8H3;;/t13-,14-;;/m1../s1. The van der Waals surface area contributed by atoms with Crippen molar-refractivity contribution in [3.8, 4) is 0 Å². The van der Waals surface area contributed by atoms with Crippen LogP contribution in [0.3, 0.4) is 0 Å².